The lowest BCUT2D eigenvalue weighted by atomic mass is 10.1. The molecule has 1 amide bonds. The molecule has 0 spiro atoms. The zero-order valence-corrected chi connectivity index (χ0v) is 19.1. The van der Waals surface area contributed by atoms with Crippen LogP contribution in [0.4, 0.5) is 0 Å². The molecule has 2 aromatic carbocycles. The molecular weight excluding hydrogens is 394 g/mol. The summed E-state index contributed by atoms with van der Waals surface area (Å²) >= 11 is 0. The van der Waals surface area contributed by atoms with Crippen LogP contribution < -0.4 is 19.5 Å². The van der Waals surface area contributed by atoms with Gasteiger partial charge >= 0.3 is 0 Å². The lowest BCUT2D eigenvalue weighted by molar-refractivity contribution is 0.0936. The van der Waals surface area contributed by atoms with Crippen LogP contribution in [-0.2, 0) is 6.54 Å². The molecule has 0 bridgehead atoms. The second-order valence-electron chi connectivity index (χ2n) is 7.69. The molecule has 2 atom stereocenters. The molecule has 1 aromatic heterocycles. The summed E-state index contributed by atoms with van der Waals surface area (Å²) in [7, 11) is 4.59. The number of hydrogen-bond donors (Lipinski definition) is 1. The van der Waals surface area contributed by atoms with Crippen LogP contribution in [-0.4, -0.2) is 36.8 Å². The van der Waals surface area contributed by atoms with Crippen molar-refractivity contribution in [1.82, 2.24) is 14.9 Å². The molecule has 0 saturated heterocycles. The minimum absolute atomic E-state index is 0.242. The summed E-state index contributed by atoms with van der Waals surface area (Å²) in [6.45, 7) is 7.19. The smallest absolute Gasteiger partial charge is 0.252 e. The Hall–Kier alpha value is -3.22. The molecule has 3 aromatic rings. The Kier molecular flexibility index (Phi) is 7.05. The molecule has 166 valence electrons. The molecule has 3 rings (SSSR count). The highest BCUT2D eigenvalue weighted by Gasteiger charge is 2.22. The lowest BCUT2D eigenvalue weighted by Gasteiger charge is -2.19. The molecule has 0 saturated carbocycles. The molecule has 0 fully saturated rings. The topological polar surface area (TPSA) is 74.6 Å². The fourth-order valence-corrected chi connectivity index (χ4v) is 3.61. The quantitative estimate of drug-likeness (QED) is 0.542. The minimum Gasteiger partial charge on any atom is -0.493 e. The van der Waals surface area contributed by atoms with Crippen molar-refractivity contribution in [3.63, 3.8) is 0 Å². The maximum absolute atomic E-state index is 13.1. The van der Waals surface area contributed by atoms with E-state index in [0.717, 1.165) is 29.8 Å². The number of benzene rings is 2. The van der Waals surface area contributed by atoms with Crippen LogP contribution in [0.5, 0.6) is 17.2 Å². The molecule has 2 unspecified atom stereocenters. The van der Waals surface area contributed by atoms with E-state index in [1.54, 1.807) is 12.1 Å². The molecule has 31 heavy (non-hydrogen) atoms. The summed E-state index contributed by atoms with van der Waals surface area (Å²) in [5, 5.41) is 3.07. The number of fused-ring (bicyclic) bond motifs is 1. The Morgan fingerprint density at radius 3 is 2.29 bits per heavy atom. The molecule has 7 heteroatoms. The van der Waals surface area contributed by atoms with Crippen molar-refractivity contribution >= 4 is 16.9 Å². The third kappa shape index (κ3) is 4.60. The van der Waals surface area contributed by atoms with Gasteiger partial charge in [0.15, 0.2) is 11.5 Å². The first-order valence-corrected chi connectivity index (χ1v) is 10.5. The number of rotatable bonds is 9. The third-order valence-electron chi connectivity index (χ3n) is 5.54. The van der Waals surface area contributed by atoms with E-state index in [1.165, 1.54) is 21.3 Å². The number of carbonyl (C=O) groups excluding carboxylic acids is 1. The first-order chi connectivity index (χ1) is 14.9. The van der Waals surface area contributed by atoms with Crippen LogP contribution >= 0.6 is 0 Å². The summed E-state index contributed by atoms with van der Waals surface area (Å²) in [6, 6.07) is 11.1. The first-order valence-electron chi connectivity index (χ1n) is 10.5. The number of ether oxygens (including phenoxy) is 3. The number of carbonyl (C=O) groups is 1. The predicted molar refractivity (Wildman–Crippen MR) is 121 cm³/mol. The Morgan fingerprint density at radius 1 is 1.06 bits per heavy atom. The van der Waals surface area contributed by atoms with E-state index in [4.69, 9.17) is 19.2 Å². The summed E-state index contributed by atoms with van der Waals surface area (Å²) < 4.78 is 18.3. The van der Waals surface area contributed by atoms with E-state index in [1.807, 2.05) is 25.1 Å². The summed E-state index contributed by atoms with van der Waals surface area (Å²) in [6.07, 6.45) is 1.07. The monoisotopic (exact) mass is 425 g/mol. The zero-order valence-electron chi connectivity index (χ0n) is 19.1. The van der Waals surface area contributed by atoms with Gasteiger partial charge in [-0.25, -0.2) is 4.98 Å². The van der Waals surface area contributed by atoms with Gasteiger partial charge in [-0.2, -0.15) is 0 Å². The van der Waals surface area contributed by atoms with Gasteiger partial charge < -0.3 is 24.1 Å². The van der Waals surface area contributed by atoms with Crippen molar-refractivity contribution in [2.45, 2.75) is 39.8 Å². The number of amides is 1. The normalized spacial score (nSPS) is 13.0. The largest absolute Gasteiger partial charge is 0.493 e. The molecule has 0 aliphatic rings. The average Bonchev–Trinajstić information content (AvgIpc) is 3.16. The maximum Gasteiger partial charge on any atom is 0.252 e. The fourth-order valence-electron chi connectivity index (χ4n) is 3.61. The van der Waals surface area contributed by atoms with Gasteiger partial charge in [0.1, 0.15) is 5.82 Å². The van der Waals surface area contributed by atoms with Crippen LogP contribution in [0.1, 0.15) is 49.4 Å². The molecule has 7 nitrogen and oxygen atoms in total. The van der Waals surface area contributed by atoms with Gasteiger partial charge in [0.25, 0.3) is 5.91 Å². The number of imidazole rings is 1. The third-order valence-corrected chi connectivity index (χ3v) is 5.54. The number of para-hydroxylation sites is 2. The van der Waals surface area contributed by atoms with Gasteiger partial charge in [-0.3, -0.25) is 4.79 Å². The van der Waals surface area contributed by atoms with E-state index in [0.29, 0.717) is 28.7 Å². The van der Waals surface area contributed by atoms with Crippen molar-refractivity contribution in [2.24, 2.45) is 5.92 Å². The number of methoxy groups -OCH3 is 3. The molecule has 0 aliphatic carbocycles. The van der Waals surface area contributed by atoms with Crippen LogP contribution in [0, 0.1) is 5.92 Å². The number of hydrogen-bond acceptors (Lipinski definition) is 5. The number of nitrogens with one attached hydrogen (secondary N) is 1. The van der Waals surface area contributed by atoms with Crippen molar-refractivity contribution in [3.05, 3.63) is 47.8 Å². The molecule has 0 aliphatic heterocycles. The highest BCUT2D eigenvalue weighted by atomic mass is 16.5. The predicted octanol–water partition coefficient (Wildman–Crippen LogP) is 4.60. The average molecular weight is 426 g/mol. The van der Waals surface area contributed by atoms with Gasteiger partial charge in [0.05, 0.1) is 38.4 Å². The van der Waals surface area contributed by atoms with Gasteiger partial charge in [-0.1, -0.05) is 32.4 Å². The van der Waals surface area contributed by atoms with Gasteiger partial charge in [0.2, 0.25) is 5.75 Å². The minimum atomic E-state index is -0.289. The standard InChI is InChI=1S/C24H31N3O4/c1-7-15(2)14-27-19-11-9-8-10-18(19)26-23(27)16(3)25-24(28)17-12-20(29-4)22(31-6)21(13-17)30-5/h8-13,15-16H,7,14H2,1-6H3,(H,25,28). The van der Waals surface area contributed by atoms with Crippen LogP contribution in [0.3, 0.4) is 0 Å². The molecular formula is C24H31N3O4. The van der Waals surface area contributed by atoms with Gasteiger partial charge in [-0.15, -0.1) is 0 Å². The molecule has 1 heterocycles. The van der Waals surface area contributed by atoms with Crippen molar-refractivity contribution in [2.75, 3.05) is 21.3 Å². The highest BCUT2D eigenvalue weighted by Crippen LogP contribution is 2.38. The lowest BCUT2D eigenvalue weighted by Crippen LogP contribution is -2.29. The Bertz CT molecular complexity index is 1040. The second-order valence-corrected chi connectivity index (χ2v) is 7.69. The Morgan fingerprint density at radius 2 is 1.71 bits per heavy atom. The summed E-state index contributed by atoms with van der Waals surface area (Å²) in [4.78, 5) is 17.9. The van der Waals surface area contributed by atoms with Crippen LogP contribution in [0.15, 0.2) is 36.4 Å². The fraction of sp³-hybridized carbons (Fsp3) is 0.417. The van der Waals surface area contributed by atoms with Crippen LogP contribution in [0.2, 0.25) is 0 Å². The van der Waals surface area contributed by atoms with E-state index < -0.39 is 0 Å². The van der Waals surface area contributed by atoms with Gasteiger partial charge in [0, 0.05) is 12.1 Å². The zero-order chi connectivity index (χ0) is 22.5. The van der Waals surface area contributed by atoms with E-state index >= 15 is 0 Å². The summed E-state index contributed by atoms with van der Waals surface area (Å²) in [5.41, 5.74) is 2.42. The first kappa shape index (κ1) is 22.5. The van der Waals surface area contributed by atoms with Crippen molar-refractivity contribution in [3.8, 4) is 17.2 Å². The Labute approximate surface area is 183 Å². The summed E-state index contributed by atoms with van der Waals surface area (Å²) in [5.74, 6) is 2.41. The van der Waals surface area contributed by atoms with E-state index in [9.17, 15) is 4.79 Å². The van der Waals surface area contributed by atoms with E-state index in [2.05, 4.69) is 29.8 Å². The number of aromatic nitrogens is 2. The van der Waals surface area contributed by atoms with Crippen molar-refractivity contribution < 1.29 is 19.0 Å². The van der Waals surface area contributed by atoms with E-state index in [-0.39, 0.29) is 11.9 Å². The SMILES string of the molecule is CCC(C)Cn1c(C(C)NC(=O)c2cc(OC)c(OC)c(OC)c2)nc2ccccc21. The number of nitrogens with zero attached hydrogens (tertiary/aromatic N) is 2. The van der Waals surface area contributed by atoms with Crippen molar-refractivity contribution in [1.29, 1.82) is 0 Å². The molecule has 0 radical (unpaired) electrons. The Balaban J connectivity index is 1.93. The molecule has 1 N–H and O–H groups in total. The van der Waals surface area contributed by atoms with Crippen LogP contribution in [0.25, 0.3) is 11.0 Å². The highest BCUT2D eigenvalue weighted by molar-refractivity contribution is 5.96. The maximum atomic E-state index is 13.1. The van der Waals surface area contributed by atoms with Gasteiger partial charge in [-0.05, 0) is 37.1 Å². The second kappa shape index (κ2) is 9.73.